The van der Waals surface area contributed by atoms with E-state index in [1.54, 1.807) is 13.8 Å². The zero-order valence-electron chi connectivity index (χ0n) is 14.3. The molecule has 1 aliphatic carbocycles. The topological polar surface area (TPSA) is 66.8 Å². The van der Waals surface area contributed by atoms with E-state index in [0.717, 1.165) is 22.3 Å². The molecule has 1 N–H and O–H groups in total. The van der Waals surface area contributed by atoms with Crippen LogP contribution in [0.4, 0.5) is 4.79 Å². The molecule has 0 bridgehead atoms. The third-order valence-corrected chi connectivity index (χ3v) is 4.50. The van der Waals surface area contributed by atoms with Gasteiger partial charge in [0, 0.05) is 12.0 Å². The van der Waals surface area contributed by atoms with Crippen LogP contribution in [0.3, 0.4) is 0 Å². The molecule has 0 fully saturated rings. The van der Waals surface area contributed by atoms with Crippen molar-refractivity contribution in [1.82, 2.24) is 4.90 Å². The van der Waals surface area contributed by atoms with Gasteiger partial charge in [-0.15, -0.1) is 0 Å². The first-order chi connectivity index (χ1) is 12.0. The molecule has 0 spiro atoms. The van der Waals surface area contributed by atoms with Crippen LogP contribution in [0.15, 0.2) is 48.5 Å². The molecule has 5 nitrogen and oxygen atoms in total. The smallest absolute Gasteiger partial charge is 0.410 e. The number of carboxylic acids is 1. The average molecular weight is 339 g/mol. The van der Waals surface area contributed by atoms with Gasteiger partial charge in [0.2, 0.25) is 0 Å². The Balaban J connectivity index is 1.79. The molecule has 5 heteroatoms. The van der Waals surface area contributed by atoms with E-state index in [1.165, 1.54) is 4.90 Å². The number of carboxylic acid groups (broad SMARTS) is 1. The first-order valence-corrected chi connectivity index (χ1v) is 8.32. The van der Waals surface area contributed by atoms with Crippen LogP contribution in [0.2, 0.25) is 0 Å². The number of carbonyl (C=O) groups is 2. The molecule has 0 radical (unpaired) electrons. The minimum absolute atomic E-state index is 0.0322. The van der Waals surface area contributed by atoms with Crippen molar-refractivity contribution in [2.24, 2.45) is 0 Å². The highest BCUT2D eigenvalue weighted by Gasteiger charge is 2.30. The molecule has 0 aliphatic heterocycles. The Kier molecular flexibility index (Phi) is 4.74. The summed E-state index contributed by atoms with van der Waals surface area (Å²) < 4.78 is 5.49. The van der Waals surface area contributed by atoms with Gasteiger partial charge in [0.15, 0.2) is 0 Å². The largest absolute Gasteiger partial charge is 0.480 e. The molecule has 0 saturated carbocycles. The van der Waals surface area contributed by atoms with Gasteiger partial charge in [0.25, 0.3) is 0 Å². The highest BCUT2D eigenvalue weighted by atomic mass is 16.6. The number of hydrogen-bond acceptors (Lipinski definition) is 3. The van der Waals surface area contributed by atoms with E-state index in [-0.39, 0.29) is 25.1 Å². The van der Waals surface area contributed by atoms with Crippen LogP contribution in [-0.2, 0) is 9.53 Å². The summed E-state index contributed by atoms with van der Waals surface area (Å²) in [5.41, 5.74) is 4.58. The lowest BCUT2D eigenvalue weighted by molar-refractivity contribution is -0.138. The van der Waals surface area contributed by atoms with Crippen LogP contribution in [0, 0.1) is 0 Å². The first kappa shape index (κ1) is 17.0. The van der Waals surface area contributed by atoms with Gasteiger partial charge in [-0.05, 0) is 36.1 Å². The Morgan fingerprint density at radius 1 is 1.04 bits per heavy atom. The fourth-order valence-electron chi connectivity index (χ4n) is 3.28. The van der Waals surface area contributed by atoms with E-state index in [2.05, 4.69) is 12.1 Å². The number of fused-ring (bicyclic) bond motifs is 3. The third-order valence-electron chi connectivity index (χ3n) is 4.50. The summed E-state index contributed by atoms with van der Waals surface area (Å²) in [6.45, 7) is 3.36. The predicted molar refractivity (Wildman–Crippen MR) is 94.5 cm³/mol. The second kappa shape index (κ2) is 6.97. The Morgan fingerprint density at radius 3 is 2.04 bits per heavy atom. The highest BCUT2D eigenvalue weighted by molar-refractivity contribution is 5.79. The number of hydrogen-bond donors (Lipinski definition) is 1. The lowest BCUT2D eigenvalue weighted by atomic mass is 9.98. The van der Waals surface area contributed by atoms with Crippen LogP contribution in [0.25, 0.3) is 11.1 Å². The number of rotatable bonds is 5. The number of ether oxygens (including phenoxy) is 1. The summed E-state index contributed by atoms with van der Waals surface area (Å²) in [6.07, 6.45) is -0.598. The zero-order chi connectivity index (χ0) is 18.0. The molecule has 130 valence electrons. The van der Waals surface area contributed by atoms with E-state index in [1.807, 2.05) is 36.4 Å². The summed E-state index contributed by atoms with van der Waals surface area (Å²) in [7, 11) is 0. The van der Waals surface area contributed by atoms with Crippen molar-refractivity contribution < 1.29 is 19.4 Å². The van der Waals surface area contributed by atoms with Crippen LogP contribution in [0.5, 0.6) is 0 Å². The Hall–Kier alpha value is -2.82. The summed E-state index contributed by atoms with van der Waals surface area (Å²) in [4.78, 5) is 24.5. The van der Waals surface area contributed by atoms with Gasteiger partial charge in [-0.2, -0.15) is 0 Å². The summed E-state index contributed by atoms with van der Waals surface area (Å²) in [6, 6.07) is 15.9. The molecule has 0 aromatic heterocycles. The quantitative estimate of drug-likeness (QED) is 0.901. The Bertz CT molecular complexity index is 754. The number of benzene rings is 2. The molecular weight excluding hydrogens is 318 g/mol. The molecule has 2 aromatic carbocycles. The molecule has 0 atom stereocenters. The minimum atomic E-state index is -1.05. The van der Waals surface area contributed by atoms with Gasteiger partial charge in [-0.3, -0.25) is 9.69 Å². The predicted octanol–water partition coefficient (Wildman–Crippen LogP) is 3.73. The molecule has 3 rings (SSSR count). The van der Waals surface area contributed by atoms with Crippen molar-refractivity contribution in [1.29, 1.82) is 0 Å². The highest BCUT2D eigenvalue weighted by Crippen LogP contribution is 2.44. The standard InChI is InChI=1S/C20H21NO4/c1-13(2)21(11-19(22)23)20(24)25-12-18-16-9-5-3-7-14(16)15-8-4-6-10-17(15)18/h3-10,13,18H,11-12H2,1-2H3,(H,22,23). The van der Waals surface area contributed by atoms with Crippen molar-refractivity contribution in [2.45, 2.75) is 25.8 Å². The number of carbonyl (C=O) groups excluding carboxylic acids is 1. The van der Waals surface area contributed by atoms with Crippen LogP contribution in [0.1, 0.15) is 30.9 Å². The Morgan fingerprint density at radius 2 is 1.56 bits per heavy atom. The van der Waals surface area contributed by atoms with Gasteiger partial charge in [0.1, 0.15) is 13.2 Å². The lowest BCUT2D eigenvalue weighted by Crippen LogP contribution is -2.41. The molecule has 0 unspecified atom stereocenters. The van der Waals surface area contributed by atoms with Crippen LogP contribution >= 0.6 is 0 Å². The molecule has 0 saturated heterocycles. The van der Waals surface area contributed by atoms with Gasteiger partial charge in [-0.25, -0.2) is 4.79 Å². The number of aliphatic carboxylic acids is 1. The number of amides is 1. The molecule has 0 heterocycles. The molecular formula is C20H21NO4. The monoisotopic (exact) mass is 339 g/mol. The van der Waals surface area contributed by atoms with Crippen molar-refractivity contribution in [3.05, 3.63) is 59.7 Å². The third kappa shape index (κ3) is 3.36. The number of nitrogens with zero attached hydrogens (tertiary/aromatic N) is 1. The van der Waals surface area contributed by atoms with Crippen molar-refractivity contribution in [3.8, 4) is 11.1 Å². The normalized spacial score (nSPS) is 12.6. The SMILES string of the molecule is CC(C)N(CC(=O)O)C(=O)OCC1c2ccccc2-c2ccccc21. The second-order valence-corrected chi connectivity index (χ2v) is 6.42. The maximum atomic E-state index is 12.3. The fraction of sp³-hybridized carbons (Fsp3) is 0.300. The maximum absolute atomic E-state index is 12.3. The van der Waals surface area contributed by atoms with Crippen LogP contribution in [-0.4, -0.2) is 41.3 Å². The molecule has 1 aliphatic rings. The maximum Gasteiger partial charge on any atom is 0.410 e. The summed E-state index contributed by atoms with van der Waals surface area (Å²) in [5.74, 6) is -1.09. The summed E-state index contributed by atoms with van der Waals surface area (Å²) >= 11 is 0. The average Bonchev–Trinajstić information content (AvgIpc) is 2.91. The summed E-state index contributed by atoms with van der Waals surface area (Å²) in [5, 5.41) is 8.97. The van der Waals surface area contributed by atoms with Crippen molar-refractivity contribution in [2.75, 3.05) is 13.2 Å². The molecule has 2 aromatic rings. The van der Waals surface area contributed by atoms with E-state index in [4.69, 9.17) is 9.84 Å². The Labute approximate surface area is 146 Å². The fourth-order valence-corrected chi connectivity index (χ4v) is 3.28. The first-order valence-electron chi connectivity index (χ1n) is 8.32. The van der Waals surface area contributed by atoms with Crippen molar-refractivity contribution >= 4 is 12.1 Å². The van der Waals surface area contributed by atoms with Gasteiger partial charge in [-0.1, -0.05) is 48.5 Å². The second-order valence-electron chi connectivity index (χ2n) is 6.42. The van der Waals surface area contributed by atoms with E-state index >= 15 is 0 Å². The molecule has 25 heavy (non-hydrogen) atoms. The van der Waals surface area contributed by atoms with E-state index in [0.29, 0.717) is 0 Å². The zero-order valence-corrected chi connectivity index (χ0v) is 14.3. The van der Waals surface area contributed by atoms with E-state index in [9.17, 15) is 9.59 Å². The molecule has 1 amide bonds. The van der Waals surface area contributed by atoms with Crippen molar-refractivity contribution in [3.63, 3.8) is 0 Å². The van der Waals surface area contributed by atoms with Gasteiger partial charge in [0.05, 0.1) is 0 Å². The lowest BCUT2D eigenvalue weighted by Gasteiger charge is -2.25. The van der Waals surface area contributed by atoms with E-state index < -0.39 is 12.1 Å². The van der Waals surface area contributed by atoms with Gasteiger partial charge < -0.3 is 9.84 Å². The van der Waals surface area contributed by atoms with Gasteiger partial charge >= 0.3 is 12.1 Å². The minimum Gasteiger partial charge on any atom is -0.480 e. The van der Waals surface area contributed by atoms with Crippen LogP contribution < -0.4 is 0 Å².